The largest absolute Gasteiger partial charge is 0.372 e. The number of benzene rings is 1. The van der Waals surface area contributed by atoms with Crippen LogP contribution in [0.15, 0.2) is 29.1 Å². The molecular formula is C21H25N5O2. The molecule has 0 atom stereocenters. The van der Waals surface area contributed by atoms with E-state index >= 15 is 0 Å². The van der Waals surface area contributed by atoms with E-state index in [0.29, 0.717) is 16.9 Å². The van der Waals surface area contributed by atoms with E-state index in [-0.39, 0.29) is 18.0 Å². The number of anilines is 2. The van der Waals surface area contributed by atoms with Crippen LogP contribution in [-0.2, 0) is 11.3 Å². The van der Waals surface area contributed by atoms with E-state index < -0.39 is 5.56 Å². The predicted molar refractivity (Wildman–Crippen MR) is 108 cm³/mol. The first-order chi connectivity index (χ1) is 13.4. The van der Waals surface area contributed by atoms with Crippen molar-refractivity contribution >= 4 is 17.3 Å². The highest BCUT2D eigenvalue weighted by Gasteiger charge is 2.16. The first-order valence-corrected chi connectivity index (χ1v) is 9.52. The highest BCUT2D eigenvalue weighted by Crippen LogP contribution is 2.24. The molecule has 1 aromatic heterocycles. The summed E-state index contributed by atoms with van der Waals surface area (Å²) in [6, 6.07) is 9.63. The van der Waals surface area contributed by atoms with E-state index in [2.05, 4.69) is 22.2 Å². The van der Waals surface area contributed by atoms with Crippen LogP contribution in [0.2, 0.25) is 0 Å². The van der Waals surface area contributed by atoms with Crippen molar-refractivity contribution < 1.29 is 4.79 Å². The lowest BCUT2D eigenvalue weighted by Gasteiger charge is -2.32. The van der Waals surface area contributed by atoms with Crippen LogP contribution in [0, 0.1) is 31.1 Å². The molecule has 2 heterocycles. The molecule has 1 aliphatic rings. The van der Waals surface area contributed by atoms with Gasteiger partial charge in [-0.3, -0.25) is 9.59 Å². The first-order valence-electron chi connectivity index (χ1n) is 9.52. The Hall–Kier alpha value is -3.14. The Morgan fingerprint density at radius 2 is 1.89 bits per heavy atom. The zero-order chi connectivity index (χ0) is 20.3. The fourth-order valence-electron chi connectivity index (χ4n) is 3.37. The van der Waals surface area contributed by atoms with Crippen molar-refractivity contribution in [3.05, 3.63) is 51.4 Å². The van der Waals surface area contributed by atoms with Gasteiger partial charge in [0.05, 0.1) is 5.69 Å². The van der Waals surface area contributed by atoms with Crippen molar-refractivity contribution in [2.24, 2.45) is 5.92 Å². The zero-order valence-corrected chi connectivity index (χ0v) is 16.5. The summed E-state index contributed by atoms with van der Waals surface area (Å²) in [5.74, 6) is 0.417. The number of nitriles is 1. The zero-order valence-electron chi connectivity index (χ0n) is 16.5. The SMILES string of the molecule is Cc1nn(CC(=O)Nc2ccc(N3CCC(C)CC3)cc2)c(=O)c(C#N)c1C. The molecule has 0 saturated carbocycles. The summed E-state index contributed by atoms with van der Waals surface area (Å²) in [6.45, 7) is 7.54. The number of aromatic nitrogens is 2. The average molecular weight is 379 g/mol. The van der Waals surface area contributed by atoms with E-state index in [1.165, 1.54) is 12.8 Å². The van der Waals surface area contributed by atoms with Crippen molar-refractivity contribution in [3.63, 3.8) is 0 Å². The van der Waals surface area contributed by atoms with Gasteiger partial charge in [-0.25, -0.2) is 4.68 Å². The number of carbonyl (C=O) groups is 1. The maximum absolute atomic E-state index is 12.3. The topological polar surface area (TPSA) is 91.0 Å². The Bertz CT molecular complexity index is 964. The normalized spacial score (nSPS) is 14.6. The third kappa shape index (κ3) is 4.22. The minimum atomic E-state index is -0.546. The van der Waals surface area contributed by atoms with Crippen LogP contribution < -0.4 is 15.8 Å². The average Bonchev–Trinajstić information content (AvgIpc) is 2.68. The fourth-order valence-corrected chi connectivity index (χ4v) is 3.37. The second-order valence-electron chi connectivity index (χ2n) is 7.42. The lowest BCUT2D eigenvalue weighted by atomic mass is 9.99. The molecule has 1 fully saturated rings. The molecule has 28 heavy (non-hydrogen) atoms. The van der Waals surface area contributed by atoms with Crippen LogP contribution in [0.1, 0.15) is 36.6 Å². The van der Waals surface area contributed by atoms with Crippen LogP contribution in [0.4, 0.5) is 11.4 Å². The molecule has 146 valence electrons. The maximum atomic E-state index is 12.3. The number of hydrogen-bond donors (Lipinski definition) is 1. The summed E-state index contributed by atoms with van der Waals surface area (Å²) >= 11 is 0. The van der Waals surface area contributed by atoms with Crippen molar-refractivity contribution in [1.29, 1.82) is 5.26 Å². The quantitative estimate of drug-likeness (QED) is 0.882. The summed E-state index contributed by atoms with van der Waals surface area (Å²) in [5.41, 5.74) is 2.40. The van der Waals surface area contributed by atoms with Gasteiger partial charge < -0.3 is 10.2 Å². The van der Waals surface area contributed by atoms with Gasteiger partial charge in [0.25, 0.3) is 5.56 Å². The predicted octanol–water partition coefficient (Wildman–Crippen LogP) is 2.61. The number of aryl methyl sites for hydroxylation is 1. The Labute approximate surface area is 164 Å². The molecule has 3 rings (SSSR count). The Morgan fingerprint density at radius 1 is 1.25 bits per heavy atom. The van der Waals surface area contributed by atoms with Gasteiger partial charge in [-0.1, -0.05) is 6.92 Å². The van der Waals surface area contributed by atoms with Gasteiger partial charge in [0.15, 0.2) is 0 Å². The van der Waals surface area contributed by atoms with Crippen molar-refractivity contribution in [1.82, 2.24) is 9.78 Å². The molecule has 1 N–H and O–H groups in total. The van der Waals surface area contributed by atoms with Crippen LogP contribution in [-0.4, -0.2) is 28.8 Å². The monoisotopic (exact) mass is 379 g/mol. The first kappa shape index (κ1) is 19.6. The van der Waals surface area contributed by atoms with Gasteiger partial charge in [-0.05, 0) is 62.4 Å². The molecule has 1 amide bonds. The summed E-state index contributed by atoms with van der Waals surface area (Å²) in [5, 5.41) is 16.1. The molecule has 0 bridgehead atoms. The summed E-state index contributed by atoms with van der Waals surface area (Å²) < 4.78 is 1.04. The molecule has 2 aromatic rings. The Kier molecular flexibility index (Phi) is 5.78. The van der Waals surface area contributed by atoms with E-state index in [4.69, 9.17) is 5.26 Å². The smallest absolute Gasteiger partial charge is 0.285 e. The summed E-state index contributed by atoms with van der Waals surface area (Å²) in [4.78, 5) is 27.0. The van der Waals surface area contributed by atoms with Crippen molar-refractivity contribution in [2.45, 2.75) is 40.2 Å². The number of rotatable bonds is 4. The van der Waals surface area contributed by atoms with Crippen LogP contribution in [0.25, 0.3) is 0 Å². The van der Waals surface area contributed by atoms with Gasteiger partial charge in [0, 0.05) is 24.5 Å². The van der Waals surface area contributed by atoms with Gasteiger partial charge in [-0.15, -0.1) is 0 Å². The molecule has 1 saturated heterocycles. The molecule has 0 radical (unpaired) electrons. The highest BCUT2D eigenvalue weighted by atomic mass is 16.2. The Balaban J connectivity index is 1.67. The molecule has 1 aliphatic heterocycles. The number of amides is 1. The molecule has 0 spiro atoms. The molecule has 7 nitrogen and oxygen atoms in total. The molecule has 1 aromatic carbocycles. The molecule has 0 aliphatic carbocycles. The van der Waals surface area contributed by atoms with Crippen molar-refractivity contribution in [3.8, 4) is 6.07 Å². The van der Waals surface area contributed by atoms with Gasteiger partial charge >= 0.3 is 0 Å². The lowest BCUT2D eigenvalue weighted by molar-refractivity contribution is -0.117. The van der Waals surface area contributed by atoms with E-state index in [1.807, 2.05) is 30.3 Å². The third-order valence-corrected chi connectivity index (χ3v) is 5.34. The number of hydrogen-bond acceptors (Lipinski definition) is 5. The number of nitrogens with zero attached hydrogens (tertiary/aromatic N) is 4. The summed E-state index contributed by atoms with van der Waals surface area (Å²) in [6.07, 6.45) is 2.39. The highest BCUT2D eigenvalue weighted by molar-refractivity contribution is 5.90. The fraction of sp³-hybridized carbons (Fsp3) is 0.429. The third-order valence-electron chi connectivity index (χ3n) is 5.34. The minimum absolute atomic E-state index is 0.0282. The van der Waals surface area contributed by atoms with Gasteiger partial charge in [0.1, 0.15) is 18.2 Å². The number of carbonyl (C=O) groups excluding carboxylic acids is 1. The summed E-state index contributed by atoms with van der Waals surface area (Å²) in [7, 11) is 0. The maximum Gasteiger partial charge on any atom is 0.285 e. The second kappa shape index (κ2) is 8.26. The van der Waals surface area contributed by atoms with E-state index in [0.717, 1.165) is 29.4 Å². The van der Waals surface area contributed by atoms with E-state index in [1.54, 1.807) is 13.8 Å². The lowest BCUT2D eigenvalue weighted by Crippen LogP contribution is -2.33. The number of nitrogens with one attached hydrogen (secondary N) is 1. The minimum Gasteiger partial charge on any atom is -0.372 e. The standard InChI is InChI=1S/C21H25N5O2/c1-14-8-10-25(11-9-14)18-6-4-17(5-7-18)23-20(27)13-26-21(28)19(12-22)15(2)16(3)24-26/h4-7,14H,8-11,13H2,1-3H3,(H,23,27). The van der Waals surface area contributed by atoms with Crippen LogP contribution in [0.5, 0.6) is 0 Å². The van der Waals surface area contributed by atoms with Crippen LogP contribution in [0.3, 0.4) is 0 Å². The van der Waals surface area contributed by atoms with Crippen molar-refractivity contribution in [2.75, 3.05) is 23.3 Å². The molecule has 7 heteroatoms. The van der Waals surface area contributed by atoms with Gasteiger partial charge in [-0.2, -0.15) is 10.4 Å². The van der Waals surface area contributed by atoms with Gasteiger partial charge in [0.2, 0.25) is 5.91 Å². The second-order valence-corrected chi connectivity index (χ2v) is 7.42. The Morgan fingerprint density at radius 3 is 2.50 bits per heavy atom. The molecule has 0 unspecified atom stereocenters. The van der Waals surface area contributed by atoms with E-state index in [9.17, 15) is 9.59 Å². The molecular weight excluding hydrogens is 354 g/mol. The van der Waals surface area contributed by atoms with Crippen LogP contribution >= 0.6 is 0 Å². The number of piperidine rings is 1.